The quantitative estimate of drug-likeness (QED) is 0.813. The minimum absolute atomic E-state index is 0.120. The summed E-state index contributed by atoms with van der Waals surface area (Å²) in [7, 11) is 1.58. The van der Waals surface area contributed by atoms with Crippen LogP contribution in [-0.4, -0.2) is 44.1 Å². The lowest BCUT2D eigenvalue weighted by Gasteiger charge is -2.19. The van der Waals surface area contributed by atoms with Crippen LogP contribution < -0.4 is 15.8 Å². The number of anilines is 1. The summed E-state index contributed by atoms with van der Waals surface area (Å²) in [5, 5.41) is 2.94. The van der Waals surface area contributed by atoms with E-state index in [1.165, 1.54) is 25.7 Å². The lowest BCUT2D eigenvalue weighted by atomic mass is 10.1. The number of nitrogen functional groups attached to an aromatic ring is 1. The van der Waals surface area contributed by atoms with E-state index in [4.69, 9.17) is 10.5 Å². The van der Waals surface area contributed by atoms with E-state index in [1.54, 1.807) is 25.3 Å². The van der Waals surface area contributed by atoms with Gasteiger partial charge >= 0.3 is 0 Å². The van der Waals surface area contributed by atoms with Gasteiger partial charge in [0.1, 0.15) is 5.75 Å². The fraction of sp³-hybridized carbons (Fsp3) is 0.562. The van der Waals surface area contributed by atoms with Crippen molar-refractivity contribution in [1.82, 2.24) is 10.2 Å². The van der Waals surface area contributed by atoms with Gasteiger partial charge in [-0.25, -0.2) is 0 Å². The van der Waals surface area contributed by atoms with Crippen LogP contribution in [0.15, 0.2) is 18.2 Å². The van der Waals surface area contributed by atoms with Crippen LogP contribution in [0, 0.1) is 0 Å². The zero-order chi connectivity index (χ0) is 15.1. The summed E-state index contributed by atoms with van der Waals surface area (Å²) >= 11 is 0. The number of nitrogens with zero attached hydrogens (tertiary/aromatic N) is 1. The second kappa shape index (κ2) is 7.88. The number of hydrogen-bond donors (Lipinski definition) is 2. The summed E-state index contributed by atoms with van der Waals surface area (Å²) < 4.78 is 5.08. The highest BCUT2D eigenvalue weighted by molar-refractivity contribution is 5.99. The summed E-state index contributed by atoms with van der Waals surface area (Å²) in [4.78, 5) is 14.5. The van der Waals surface area contributed by atoms with E-state index in [9.17, 15) is 4.79 Å². The first kappa shape index (κ1) is 15.6. The Kier molecular flexibility index (Phi) is 5.87. The molecule has 116 valence electrons. The first-order chi connectivity index (χ1) is 10.2. The van der Waals surface area contributed by atoms with Crippen LogP contribution in [-0.2, 0) is 0 Å². The molecule has 5 heteroatoms. The van der Waals surface area contributed by atoms with Gasteiger partial charge < -0.3 is 20.7 Å². The molecule has 0 aromatic heterocycles. The number of rotatable bonds is 5. The molecule has 1 amide bonds. The fourth-order valence-electron chi connectivity index (χ4n) is 2.66. The van der Waals surface area contributed by atoms with Crippen molar-refractivity contribution in [2.24, 2.45) is 0 Å². The number of amides is 1. The van der Waals surface area contributed by atoms with E-state index >= 15 is 0 Å². The highest BCUT2D eigenvalue weighted by Crippen LogP contribution is 2.19. The Morgan fingerprint density at radius 3 is 2.62 bits per heavy atom. The highest BCUT2D eigenvalue weighted by atomic mass is 16.5. The number of nitrogens with two attached hydrogens (primary N) is 1. The molecule has 0 unspecified atom stereocenters. The van der Waals surface area contributed by atoms with Gasteiger partial charge in [0.2, 0.25) is 0 Å². The standard InChI is InChI=1S/C16H25N3O2/c1-21-13-6-7-14(15(17)12-13)16(20)18-8-11-19-9-4-2-3-5-10-19/h6-7,12H,2-5,8-11,17H2,1H3,(H,18,20). The van der Waals surface area contributed by atoms with Gasteiger partial charge in [-0.3, -0.25) is 4.79 Å². The summed E-state index contributed by atoms with van der Waals surface area (Å²) in [6.07, 6.45) is 5.18. The first-order valence-electron chi connectivity index (χ1n) is 7.65. The summed E-state index contributed by atoms with van der Waals surface area (Å²) in [6, 6.07) is 5.12. The van der Waals surface area contributed by atoms with Gasteiger partial charge in [0.05, 0.1) is 12.7 Å². The SMILES string of the molecule is COc1ccc(C(=O)NCCN2CCCCCC2)c(N)c1. The Morgan fingerprint density at radius 1 is 1.29 bits per heavy atom. The Hall–Kier alpha value is -1.75. The van der Waals surface area contributed by atoms with Crippen LogP contribution in [0.4, 0.5) is 5.69 Å². The third-order valence-electron chi connectivity index (χ3n) is 3.92. The van der Waals surface area contributed by atoms with Crippen molar-refractivity contribution in [3.05, 3.63) is 23.8 Å². The van der Waals surface area contributed by atoms with Gasteiger partial charge in [-0.2, -0.15) is 0 Å². The number of methoxy groups -OCH3 is 1. The molecule has 0 spiro atoms. The van der Waals surface area contributed by atoms with Crippen LogP contribution in [0.2, 0.25) is 0 Å². The molecule has 1 aromatic rings. The number of likely N-dealkylation sites (tertiary alicyclic amines) is 1. The van der Waals surface area contributed by atoms with E-state index in [0.29, 0.717) is 23.5 Å². The van der Waals surface area contributed by atoms with Gasteiger partial charge in [-0.1, -0.05) is 12.8 Å². The van der Waals surface area contributed by atoms with Gasteiger partial charge in [0.15, 0.2) is 0 Å². The normalized spacial score (nSPS) is 16.2. The molecule has 0 atom stereocenters. The minimum atomic E-state index is -0.120. The van der Waals surface area contributed by atoms with E-state index in [0.717, 1.165) is 19.6 Å². The number of ether oxygens (including phenoxy) is 1. The molecule has 1 heterocycles. The van der Waals surface area contributed by atoms with Gasteiger partial charge in [0.25, 0.3) is 5.91 Å². The summed E-state index contributed by atoms with van der Waals surface area (Å²) in [6.45, 7) is 3.84. The van der Waals surface area contributed by atoms with Crippen LogP contribution in [0.5, 0.6) is 5.75 Å². The maximum atomic E-state index is 12.1. The Bertz CT molecular complexity index is 469. The van der Waals surface area contributed by atoms with Crippen LogP contribution in [0.25, 0.3) is 0 Å². The van der Waals surface area contributed by atoms with Crippen molar-refractivity contribution in [1.29, 1.82) is 0 Å². The number of hydrogen-bond acceptors (Lipinski definition) is 4. The second-order valence-electron chi connectivity index (χ2n) is 5.46. The van der Waals surface area contributed by atoms with Crippen LogP contribution >= 0.6 is 0 Å². The van der Waals surface area contributed by atoms with Gasteiger partial charge in [0, 0.05) is 24.8 Å². The molecule has 0 bridgehead atoms. The number of carbonyl (C=O) groups excluding carboxylic acids is 1. The van der Waals surface area contributed by atoms with E-state index < -0.39 is 0 Å². The monoisotopic (exact) mass is 291 g/mol. The molecule has 0 radical (unpaired) electrons. The Labute approximate surface area is 126 Å². The molecule has 3 N–H and O–H groups in total. The van der Waals surface area contributed by atoms with Crippen molar-refractivity contribution in [3.63, 3.8) is 0 Å². The molecule has 1 aliphatic heterocycles. The molecule has 1 aromatic carbocycles. The van der Waals surface area contributed by atoms with Crippen molar-refractivity contribution >= 4 is 11.6 Å². The third-order valence-corrected chi connectivity index (χ3v) is 3.92. The molecule has 1 fully saturated rings. The van der Waals surface area contributed by atoms with E-state index in [2.05, 4.69) is 10.2 Å². The van der Waals surface area contributed by atoms with Crippen molar-refractivity contribution < 1.29 is 9.53 Å². The predicted molar refractivity (Wildman–Crippen MR) is 84.6 cm³/mol. The average molecular weight is 291 g/mol. The van der Waals surface area contributed by atoms with Crippen molar-refractivity contribution in [2.45, 2.75) is 25.7 Å². The molecular formula is C16H25N3O2. The van der Waals surface area contributed by atoms with Crippen molar-refractivity contribution in [2.75, 3.05) is 39.0 Å². The van der Waals surface area contributed by atoms with E-state index in [1.807, 2.05) is 0 Å². The molecule has 21 heavy (non-hydrogen) atoms. The molecule has 5 nitrogen and oxygen atoms in total. The number of benzene rings is 1. The maximum absolute atomic E-state index is 12.1. The van der Waals surface area contributed by atoms with Crippen LogP contribution in [0.3, 0.4) is 0 Å². The summed E-state index contributed by atoms with van der Waals surface area (Å²) in [5.74, 6) is 0.540. The smallest absolute Gasteiger partial charge is 0.253 e. The van der Waals surface area contributed by atoms with Gasteiger partial charge in [-0.05, 0) is 38.1 Å². The second-order valence-corrected chi connectivity index (χ2v) is 5.46. The largest absolute Gasteiger partial charge is 0.497 e. The van der Waals surface area contributed by atoms with Gasteiger partial charge in [-0.15, -0.1) is 0 Å². The topological polar surface area (TPSA) is 67.6 Å². The highest BCUT2D eigenvalue weighted by Gasteiger charge is 2.12. The Morgan fingerprint density at radius 2 is 2.00 bits per heavy atom. The zero-order valence-electron chi connectivity index (χ0n) is 12.7. The molecule has 1 aliphatic rings. The summed E-state index contributed by atoms with van der Waals surface area (Å²) in [5.41, 5.74) is 6.83. The van der Waals surface area contributed by atoms with Crippen molar-refractivity contribution in [3.8, 4) is 5.75 Å². The lowest BCUT2D eigenvalue weighted by molar-refractivity contribution is 0.0949. The predicted octanol–water partition coefficient (Wildman–Crippen LogP) is 1.88. The average Bonchev–Trinajstić information content (AvgIpc) is 2.75. The first-order valence-corrected chi connectivity index (χ1v) is 7.65. The molecule has 0 aliphatic carbocycles. The Balaban J connectivity index is 1.81. The number of carbonyl (C=O) groups is 1. The third kappa shape index (κ3) is 4.63. The number of nitrogens with one attached hydrogen (secondary N) is 1. The minimum Gasteiger partial charge on any atom is -0.497 e. The van der Waals surface area contributed by atoms with E-state index in [-0.39, 0.29) is 5.91 Å². The fourth-order valence-corrected chi connectivity index (χ4v) is 2.66. The zero-order valence-corrected chi connectivity index (χ0v) is 12.7. The lowest BCUT2D eigenvalue weighted by Crippen LogP contribution is -2.35. The molecule has 0 saturated carbocycles. The van der Waals surface area contributed by atoms with Crippen LogP contribution in [0.1, 0.15) is 36.0 Å². The molecule has 2 rings (SSSR count). The molecular weight excluding hydrogens is 266 g/mol. The maximum Gasteiger partial charge on any atom is 0.253 e. The molecule has 1 saturated heterocycles.